The van der Waals surface area contributed by atoms with Crippen molar-refractivity contribution < 1.29 is 14.7 Å². The van der Waals surface area contributed by atoms with E-state index in [9.17, 15) is 9.59 Å². The molecule has 18 heavy (non-hydrogen) atoms. The first-order valence-corrected chi connectivity index (χ1v) is 5.74. The van der Waals surface area contributed by atoms with Gasteiger partial charge in [-0.25, -0.2) is 0 Å². The number of carbonyl (C=O) groups excluding carboxylic acids is 1. The van der Waals surface area contributed by atoms with E-state index in [-0.39, 0.29) is 18.9 Å². The lowest BCUT2D eigenvalue weighted by atomic mass is 10.1. The molecule has 0 atom stereocenters. The normalized spacial score (nSPS) is 13.3. The molecule has 1 amide bonds. The number of aliphatic carboxylic acids is 1. The minimum Gasteiger partial charge on any atom is -0.481 e. The largest absolute Gasteiger partial charge is 0.481 e. The monoisotopic (exact) mass is 241 g/mol. The molecule has 1 heterocycles. The van der Waals surface area contributed by atoms with E-state index in [1.54, 1.807) is 11.0 Å². The Labute approximate surface area is 103 Å². The molecule has 2 aromatic rings. The fraction of sp³-hybridized carbons (Fsp3) is 0.143. The van der Waals surface area contributed by atoms with Gasteiger partial charge in [0.15, 0.2) is 0 Å². The maximum atomic E-state index is 12.2. The Hall–Kier alpha value is -2.36. The molecule has 0 fully saturated rings. The molecule has 0 aliphatic carbocycles. The molecule has 4 heteroatoms. The average molecular weight is 241 g/mol. The fourth-order valence-corrected chi connectivity index (χ4v) is 2.41. The molecular weight excluding hydrogens is 230 g/mol. The van der Waals surface area contributed by atoms with Crippen molar-refractivity contribution in [2.24, 2.45) is 0 Å². The summed E-state index contributed by atoms with van der Waals surface area (Å²) >= 11 is 0. The Morgan fingerprint density at radius 1 is 1.17 bits per heavy atom. The van der Waals surface area contributed by atoms with Crippen molar-refractivity contribution in [3.05, 3.63) is 42.0 Å². The van der Waals surface area contributed by atoms with Crippen LogP contribution in [0.5, 0.6) is 0 Å². The van der Waals surface area contributed by atoms with Crippen LogP contribution in [0.25, 0.3) is 10.8 Å². The Balaban J connectivity index is 2.10. The van der Waals surface area contributed by atoms with Crippen LogP contribution in [-0.2, 0) is 4.79 Å². The number of hydrogen-bond donors (Lipinski definition) is 1. The van der Waals surface area contributed by atoms with Crippen molar-refractivity contribution in [1.82, 2.24) is 0 Å². The minimum atomic E-state index is -0.897. The smallest absolute Gasteiger partial charge is 0.305 e. The van der Waals surface area contributed by atoms with Crippen LogP contribution in [0.3, 0.4) is 0 Å². The summed E-state index contributed by atoms with van der Waals surface area (Å²) in [6, 6.07) is 11.3. The first kappa shape index (κ1) is 10.8. The second kappa shape index (κ2) is 3.84. The van der Waals surface area contributed by atoms with Gasteiger partial charge in [0.25, 0.3) is 5.91 Å². The topological polar surface area (TPSA) is 57.6 Å². The molecule has 2 aromatic carbocycles. The van der Waals surface area contributed by atoms with Crippen LogP contribution in [0.4, 0.5) is 5.69 Å². The Morgan fingerprint density at radius 3 is 2.61 bits per heavy atom. The zero-order chi connectivity index (χ0) is 12.7. The highest BCUT2D eigenvalue weighted by atomic mass is 16.4. The summed E-state index contributed by atoms with van der Waals surface area (Å²) in [5, 5.41) is 10.7. The zero-order valence-corrected chi connectivity index (χ0v) is 9.59. The number of anilines is 1. The number of amides is 1. The fourth-order valence-electron chi connectivity index (χ4n) is 2.41. The number of hydrogen-bond acceptors (Lipinski definition) is 2. The Kier molecular flexibility index (Phi) is 2.30. The number of carboxylic acids is 1. The van der Waals surface area contributed by atoms with Gasteiger partial charge in [-0.1, -0.05) is 24.3 Å². The number of carboxylic acid groups (broad SMARTS) is 1. The van der Waals surface area contributed by atoms with Crippen molar-refractivity contribution in [3.63, 3.8) is 0 Å². The average Bonchev–Trinajstić information content (AvgIpc) is 2.63. The first-order chi connectivity index (χ1) is 8.68. The van der Waals surface area contributed by atoms with Gasteiger partial charge in [-0.15, -0.1) is 0 Å². The number of carbonyl (C=O) groups is 2. The van der Waals surface area contributed by atoms with Gasteiger partial charge in [0.1, 0.15) is 0 Å². The summed E-state index contributed by atoms with van der Waals surface area (Å²) in [5.41, 5.74) is 1.47. The molecule has 0 saturated heterocycles. The summed E-state index contributed by atoms with van der Waals surface area (Å²) in [4.78, 5) is 24.4. The van der Waals surface area contributed by atoms with Gasteiger partial charge in [0, 0.05) is 17.5 Å². The summed E-state index contributed by atoms with van der Waals surface area (Å²) in [6.07, 6.45) is -0.0455. The molecule has 1 aliphatic rings. The molecule has 4 nitrogen and oxygen atoms in total. The van der Waals surface area contributed by atoms with Gasteiger partial charge in [0.05, 0.1) is 12.1 Å². The summed E-state index contributed by atoms with van der Waals surface area (Å²) in [6.45, 7) is 0.210. The van der Waals surface area contributed by atoms with Crippen molar-refractivity contribution in [2.45, 2.75) is 6.42 Å². The van der Waals surface area contributed by atoms with Crippen LogP contribution in [0, 0.1) is 0 Å². The Morgan fingerprint density at radius 2 is 1.89 bits per heavy atom. The van der Waals surface area contributed by atoms with Gasteiger partial charge in [-0.05, 0) is 17.5 Å². The predicted molar refractivity (Wildman–Crippen MR) is 67.9 cm³/mol. The second-order valence-corrected chi connectivity index (χ2v) is 4.28. The van der Waals surface area contributed by atoms with E-state index in [1.165, 1.54) is 0 Å². The summed E-state index contributed by atoms with van der Waals surface area (Å²) < 4.78 is 0. The van der Waals surface area contributed by atoms with Crippen LogP contribution >= 0.6 is 0 Å². The van der Waals surface area contributed by atoms with E-state index in [0.717, 1.165) is 16.5 Å². The minimum absolute atomic E-state index is 0.0455. The lowest BCUT2D eigenvalue weighted by molar-refractivity contribution is -0.136. The van der Waals surface area contributed by atoms with Gasteiger partial charge in [-0.2, -0.15) is 0 Å². The van der Waals surface area contributed by atoms with Crippen LogP contribution in [0.1, 0.15) is 16.8 Å². The van der Waals surface area contributed by atoms with Crippen molar-refractivity contribution in [1.29, 1.82) is 0 Å². The van der Waals surface area contributed by atoms with Gasteiger partial charge in [0.2, 0.25) is 0 Å². The molecule has 0 saturated carbocycles. The van der Waals surface area contributed by atoms with E-state index in [0.29, 0.717) is 5.56 Å². The van der Waals surface area contributed by atoms with Gasteiger partial charge < -0.3 is 10.0 Å². The molecule has 90 valence electrons. The van der Waals surface area contributed by atoms with E-state index >= 15 is 0 Å². The van der Waals surface area contributed by atoms with Crippen LogP contribution in [-0.4, -0.2) is 23.5 Å². The standard InChI is InChI=1S/C14H11NO3/c16-12(17)7-8-15-11-6-2-4-9-3-1-5-10(13(9)11)14(15)18/h1-6H,7-8H2,(H,16,17). The van der Waals surface area contributed by atoms with Gasteiger partial charge >= 0.3 is 5.97 Å². The van der Waals surface area contributed by atoms with Crippen molar-refractivity contribution in [2.75, 3.05) is 11.4 Å². The molecule has 3 rings (SSSR count). The molecule has 1 aliphatic heterocycles. The molecular formula is C14H11NO3. The molecule has 0 bridgehead atoms. The highest BCUT2D eigenvalue weighted by Gasteiger charge is 2.29. The zero-order valence-electron chi connectivity index (χ0n) is 9.59. The molecule has 0 radical (unpaired) electrons. The highest BCUT2D eigenvalue weighted by molar-refractivity contribution is 6.25. The maximum Gasteiger partial charge on any atom is 0.305 e. The van der Waals surface area contributed by atoms with E-state index < -0.39 is 5.97 Å². The molecule has 0 unspecified atom stereocenters. The van der Waals surface area contributed by atoms with Crippen LogP contribution < -0.4 is 4.90 Å². The van der Waals surface area contributed by atoms with Crippen LogP contribution in [0.2, 0.25) is 0 Å². The number of rotatable bonds is 3. The predicted octanol–water partition coefficient (Wildman–Crippen LogP) is 2.27. The van der Waals surface area contributed by atoms with Crippen LogP contribution in [0.15, 0.2) is 36.4 Å². The summed E-state index contributed by atoms with van der Waals surface area (Å²) in [7, 11) is 0. The molecule has 0 aromatic heterocycles. The number of benzene rings is 2. The quantitative estimate of drug-likeness (QED) is 0.896. The third kappa shape index (κ3) is 1.46. The van der Waals surface area contributed by atoms with Gasteiger partial charge in [-0.3, -0.25) is 9.59 Å². The molecule has 0 spiro atoms. The van der Waals surface area contributed by atoms with E-state index in [1.807, 2.05) is 30.3 Å². The maximum absolute atomic E-state index is 12.2. The number of nitrogens with zero attached hydrogens (tertiary/aromatic N) is 1. The Bertz CT molecular complexity index is 658. The lowest BCUT2D eigenvalue weighted by Gasteiger charge is -2.16. The van der Waals surface area contributed by atoms with Crippen molar-refractivity contribution >= 4 is 28.3 Å². The summed E-state index contributed by atoms with van der Waals surface area (Å²) in [5.74, 6) is -1.01. The van der Waals surface area contributed by atoms with Crippen molar-refractivity contribution in [3.8, 4) is 0 Å². The van der Waals surface area contributed by atoms with E-state index in [2.05, 4.69) is 0 Å². The SMILES string of the molecule is O=C(O)CCN1C(=O)c2cccc3cccc1c23. The first-order valence-electron chi connectivity index (χ1n) is 5.74. The third-order valence-electron chi connectivity index (χ3n) is 3.20. The van der Waals surface area contributed by atoms with E-state index in [4.69, 9.17) is 5.11 Å². The third-order valence-corrected chi connectivity index (χ3v) is 3.20. The lowest BCUT2D eigenvalue weighted by Crippen LogP contribution is -2.29. The second-order valence-electron chi connectivity index (χ2n) is 4.28. The highest BCUT2D eigenvalue weighted by Crippen LogP contribution is 2.36. The molecule has 1 N–H and O–H groups in total.